The van der Waals surface area contributed by atoms with Gasteiger partial charge in [-0.25, -0.2) is 4.79 Å². The summed E-state index contributed by atoms with van der Waals surface area (Å²) in [5.41, 5.74) is 7.88. The van der Waals surface area contributed by atoms with Crippen molar-refractivity contribution in [3.05, 3.63) is 29.8 Å². The molecular formula is C15H23N3O. The number of anilines is 1. The van der Waals surface area contributed by atoms with Crippen LogP contribution in [0, 0.1) is 0 Å². The molecule has 0 radical (unpaired) electrons. The summed E-state index contributed by atoms with van der Waals surface area (Å²) in [6.45, 7) is 5.65. The quantitative estimate of drug-likeness (QED) is 0.904. The molecule has 2 N–H and O–H groups in total. The number of nitrogens with two attached hydrogens (primary N) is 1. The Hall–Kier alpha value is -1.55. The van der Waals surface area contributed by atoms with E-state index >= 15 is 0 Å². The molecule has 4 nitrogen and oxygen atoms in total. The van der Waals surface area contributed by atoms with E-state index in [1.165, 1.54) is 5.56 Å². The van der Waals surface area contributed by atoms with Gasteiger partial charge in [0.15, 0.2) is 0 Å². The van der Waals surface area contributed by atoms with Crippen LogP contribution in [0.5, 0.6) is 0 Å². The second kappa shape index (κ2) is 5.61. The van der Waals surface area contributed by atoms with Gasteiger partial charge in [-0.2, -0.15) is 0 Å². The molecule has 1 unspecified atom stereocenters. The number of rotatable bonds is 4. The SMILES string of the molecule is CC(C)c1ccccc1N1CC(CCN)N(C)C1=O. The number of carbonyl (C=O) groups is 1. The fraction of sp³-hybridized carbons (Fsp3) is 0.533. The number of hydrogen-bond acceptors (Lipinski definition) is 2. The molecule has 1 aliphatic rings. The van der Waals surface area contributed by atoms with Crippen LogP contribution in [0.4, 0.5) is 10.5 Å². The molecule has 1 saturated heterocycles. The van der Waals surface area contributed by atoms with Gasteiger partial charge in [-0.3, -0.25) is 4.90 Å². The number of urea groups is 1. The average Bonchev–Trinajstić information content (AvgIpc) is 2.67. The van der Waals surface area contributed by atoms with Gasteiger partial charge in [-0.15, -0.1) is 0 Å². The summed E-state index contributed by atoms with van der Waals surface area (Å²) < 4.78 is 0. The lowest BCUT2D eigenvalue weighted by atomic mass is 10.0. The predicted octanol–water partition coefficient (Wildman–Crippen LogP) is 2.40. The minimum absolute atomic E-state index is 0.0755. The van der Waals surface area contributed by atoms with Crippen LogP contribution in [-0.2, 0) is 0 Å². The summed E-state index contributed by atoms with van der Waals surface area (Å²) in [7, 11) is 1.86. The first-order chi connectivity index (χ1) is 9.06. The van der Waals surface area contributed by atoms with Crippen LogP contribution in [0.1, 0.15) is 31.7 Å². The van der Waals surface area contributed by atoms with Crippen LogP contribution in [0.2, 0.25) is 0 Å². The number of benzene rings is 1. The van der Waals surface area contributed by atoms with E-state index in [9.17, 15) is 4.79 Å². The first-order valence-corrected chi connectivity index (χ1v) is 6.89. The second-order valence-electron chi connectivity index (χ2n) is 5.45. The molecule has 1 fully saturated rings. The highest BCUT2D eigenvalue weighted by Crippen LogP contribution is 2.31. The van der Waals surface area contributed by atoms with Crippen LogP contribution in [0.15, 0.2) is 24.3 Å². The molecular weight excluding hydrogens is 238 g/mol. The summed E-state index contributed by atoms with van der Waals surface area (Å²) in [4.78, 5) is 16.1. The molecule has 0 aliphatic carbocycles. The third-order valence-corrected chi connectivity index (χ3v) is 3.82. The maximum Gasteiger partial charge on any atom is 0.324 e. The molecule has 1 aromatic rings. The Balaban J connectivity index is 2.30. The lowest BCUT2D eigenvalue weighted by Gasteiger charge is -2.21. The molecule has 0 aromatic heterocycles. The molecule has 0 bridgehead atoms. The van der Waals surface area contributed by atoms with Gasteiger partial charge in [0.2, 0.25) is 0 Å². The number of amides is 2. The number of carbonyl (C=O) groups excluding carboxylic acids is 1. The van der Waals surface area contributed by atoms with Crippen molar-refractivity contribution in [2.75, 3.05) is 25.0 Å². The van der Waals surface area contributed by atoms with Gasteiger partial charge in [0, 0.05) is 19.3 Å². The molecule has 2 amide bonds. The van der Waals surface area contributed by atoms with Gasteiger partial charge in [0.05, 0.1) is 6.04 Å². The zero-order chi connectivity index (χ0) is 14.0. The molecule has 2 rings (SSSR count). The van der Waals surface area contributed by atoms with E-state index < -0.39 is 0 Å². The van der Waals surface area contributed by atoms with Gasteiger partial charge < -0.3 is 10.6 Å². The van der Waals surface area contributed by atoms with Crippen LogP contribution >= 0.6 is 0 Å². The van der Waals surface area contributed by atoms with E-state index in [4.69, 9.17) is 5.73 Å². The third kappa shape index (κ3) is 2.59. The Morgan fingerprint density at radius 1 is 1.37 bits per heavy atom. The summed E-state index contributed by atoms with van der Waals surface area (Å²) in [6.07, 6.45) is 0.850. The Bertz CT molecular complexity index is 458. The van der Waals surface area contributed by atoms with Crippen LogP contribution < -0.4 is 10.6 Å². The largest absolute Gasteiger partial charge is 0.330 e. The molecule has 104 valence electrons. The van der Waals surface area contributed by atoms with Crippen molar-refractivity contribution in [2.45, 2.75) is 32.2 Å². The van der Waals surface area contributed by atoms with Gasteiger partial charge in [-0.1, -0.05) is 32.0 Å². The standard InChI is InChI=1S/C15H23N3O/c1-11(2)13-6-4-5-7-14(13)18-10-12(8-9-16)17(3)15(18)19/h4-7,11-12H,8-10,16H2,1-3H3. The normalized spacial score (nSPS) is 19.6. The third-order valence-electron chi connectivity index (χ3n) is 3.82. The molecule has 0 spiro atoms. The fourth-order valence-corrected chi connectivity index (χ4v) is 2.66. The Labute approximate surface area is 115 Å². The monoisotopic (exact) mass is 261 g/mol. The van der Waals surface area contributed by atoms with E-state index in [-0.39, 0.29) is 12.1 Å². The first-order valence-electron chi connectivity index (χ1n) is 6.89. The van der Waals surface area contributed by atoms with Crippen LogP contribution in [0.3, 0.4) is 0 Å². The van der Waals surface area contributed by atoms with E-state index in [1.807, 2.05) is 35.0 Å². The average molecular weight is 261 g/mol. The highest BCUT2D eigenvalue weighted by Gasteiger charge is 2.35. The Morgan fingerprint density at radius 3 is 2.68 bits per heavy atom. The smallest absolute Gasteiger partial charge is 0.324 e. The molecule has 0 saturated carbocycles. The van der Waals surface area contributed by atoms with Gasteiger partial charge >= 0.3 is 6.03 Å². The zero-order valence-electron chi connectivity index (χ0n) is 12.0. The van der Waals surface area contributed by atoms with Crippen molar-refractivity contribution < 1.29 is 4.79 Å². The van der Waals surface area contributed by atoms with E-state index in [0.29, 0.717) is 12.5 Å². The van der Waals surface area contributed by atoms with Crippen LogP contribution in [-0.4, -0.2) is 37.1 Å². The van der Waals surface area contributed by atoms with Crippen LogP contribution in [0.25, 0.3) is 0 Å². The Kier molecular flexibility index (Phi) is 4.10. The topological polar surface area (TPSA) is 49.6 Å². The fourth-order valence-electron chi connectivity index (χ4n) is 2.66. The lowest BCUT2D eigenvalue weighted by molar-refractivity contribution is 0.217. The summed E-state index contributed by atoms with van der Waals surface area (Å²) in [5, 5.41) is 0. The van der Waals surface area contributed by atoms with E-state index in [1.54, 1.807) is 0 Å². The number of para-hydroxylation sites is 1. The molecule has 1 atom stereocenters. The number of hydrogen-bond donors (Lipinski definition) is 1. The van der Waals surface area contributed by atoms with Crippen molar-refractivity contribution in [3.8, 4) is 0 Å². The highest BCUT2D eigenvalue weighted by atomic mass is 16.2. The first kappa shape index (κ1) is 13.9. The van der Waals surface area contributed by atoms with Crippen molar-refractivity contribution >= 4 is 11.7 Å². The summed E-state index contributed by atoms with van der Waals surface area (Å²) in [6, 6.07) is 8.45. The van der Waals surface area contributed by atoms with E-state index in [0.717, 1.165) is 18.7 Å². The zero-order valence-corrected chi connectivity index (χ0v) is 12.0. The molecule has 1 aromatic carbocycles. The second-order valence-corrected chi connectivity index (χ2v) is 5.45. The summed E-state index contributed by atoms with van der Waals surface area (Å²) in [5.74, 6) is 0.405. The lowest BCUT2D eigenvalue weighted by Crippen LogP contribution is -2.32. The number of nitrogens with zero attached hydrogens (tertiary/aromatic N) is 2. The minimum Gasteiger partial charge on any atom is -0.330 e. The van der Waals surface area contributed by atoms with Gasteiger partial charge in [0.25, 0.3) is 0 Å². The maximum absolute atomic E-state index is 12.4. The van der Waals surface area contributed by atoms with Crippen molar-refractivity contribution in [3.63, 3.8) is 0 Å². The van der Waals surface area contributed by atoms with Crippen molar-refractivity contribution in [1.29, 1.82) is 0 Å². The van der Waals surface area contributed by atoms with E-state index in [2.05, 4.69) is 19.9 Å². The van der Waals surface area contributed by atoms with Gasteiger partial charge in [0.1, 0.15) is 0 Å². The van der Waals surface area contributed by atoms with Gasteiger partial charge in [-0.05, 0) is 30.5 Å². The van der Waals surface area contributed by atoms with Crippen molar-refractivity contribution in [1.82, 2.24) is 4.90 Å². The minimum atomic E-state index is 0.0755. The number of likely N-dealkylation sites (N-methyl/N-ethyl adjacent to an activating group) is 1. The molecule has 4 heteroatoms. The highest BCUT2D eigenvalue weighted by molar-refractivity contribution is 5.95. The maximum atomic E-state index is 12.4. The summed E-state index contributed by atoms with van der Waals surface area (Å²) >= 11 is 0. The predicted molar refractivity (Wildman–Crippen MR) is 78.5 cm³/mol. The molecule has 19 heavy (non-hydrogen) atoms. The Morgan fingerprint density at radius 2 is 2.05 bits per heavy atom. The van der Waals surface area contributed by atoms with Crippen molar-refractivity contribution in [2.24, 2.45) is 5.73 Å². The molecule has 1 heterocycles. The molecule has 1 aliphatic heterocycles.